The van der Waals surface area contributed by atoms with E-state index in [9.17, 15) is 0 Å². The average molecular weight is 430 g/mol. The fraction of sp³-hybridized carbons (Fsp3) is 0.556. The molecule has 0 saturated heterocycles. The van der Waals surface area contributed by atoms with Gasteiger partial charge < -0.3 is 24.8 Å². The summed E-state index contributed by atoms with van der Waals surface area (Å²) >= 11 is 1.66. The molecule has 4 heteroatoms. The van der Waals surface area contributed by atoms with E-state index in [-0.39, 0.29) is 24.8 Å². The van der Waals surface area contributed by atoms with Gasteiger partial charge in [0.05, 0.1) is 0 Å². The molecule has 2 atom stereocenters. The SMILES string of the molecule is CC1=[C]([Zr+2])C(C2=CC=CC2)C2=C1[Si]2(C)C1CCCCC1.[Cl-].[Cl-]. The Kier molecular flexibility index (Phi) is 5.92. The molecule has 0 aromatic carbocycles. The van der Waals surface area contributed by atoms with Crippen molar-refractivity contribution in [2.24, 2.45) is 5.92 Å². The van der Waals surface area contributed by atoms with E-state index in [4.69, 9.17) is 0 Å². The Morgan fingerprint density at radius 3 is 2.41 bits per heavy atom. The van der Waals surface area contributed by atoms with Gasteiger partial charge in [-0.2, -0.15) is 0 Å². The van der Waals surface area contributed by atoms with Crippen LogP contribution in [-0.4, -0.2) is 8.07 Å². The smallest absolute Gasteiger partial charge is 1.00 e. The Morgan fingerprint density at radius 2 is 1.82 bits per heavy atom. The minimum Gasteiger partial charge on any atom is -1.00 e. The predicted octanol–water partition coefficient (Wildman–Crippen LogP) is -0.867. The van der Waals surface area contributed by atoms with Crippen LogP contribution in [-0.2, 0) is 24.7 Å². The Balaban J connectivity index is 0.000000882. The Bertz CT molecular complexity index is 596. The van der Waals surface area contributed by atoms with Crippen LogP contribution in [0.25, 0.3) is 0 Å². The maximum Gasteiger partial charge on any atom is -1.00 e. The van der Waals surface area contributed by atoms with Crippen LogP contribution in [0.5, 0.6) is 0 Å². The fourth-order valence-corrected chi connectivity index (χ4v) is 12.9. The molecule has 4 rings (SSSR count). The first-order valence-electron chi connectivity index (χ1n) is 8.19. The monoisotopic (exact) mass is 427 g/mol. The summed E-state index contributed by atoms with van der Waals surface area (Å²) < 4.78 is 1.76. The first-order valence-corrected chi connectivity index (χ1v) is 12.0. The van der Waals surface area contributed by atoms with E-state index in [0.717, 1.165) is 11.5 Å². The first kappa shape index (κ1) is 19.0. The zero-order valence-electron chi connectivity index (χ0n) is 13.4. The van der Waals surface area contributed by atoms with Crippen LogP contribution in [0.3, 0.4) is 0 Å². The van der Waals surface area contributed by atoms with E-state index in [2.05, 4.69) is 31.7 Å². The molecule has 0 amide bonds. The predicted molar refractivity (Wildman–Crippen MR) is 83.5 cm³/mol. The number of allylic oxidation sites excluding steroid dienone is 8. The van der Waals surface area contributed by atoms with Crippen molar-refractivity contribution in [2.45, 2.75) is 57.5 Å². The van der Waals surface area contributed by atoms with Crippen molar-refractivity contribution < 1.29 is 49.5 Å². The van der Waals surface area contributed by atoms with E-state index in [1.807, 2.05) is 10.4 Å². The summed E-state index contributed by atoms with van der Waals surface area (Å²) in [7, 11) is -1.17. The standard InChI is InChI=1S/C18H23Si.2ClH.Zr/c1-13-12-16(14-8-6-7-9-14)18-17(13)19(18,2)15-10-4-3-5-11-15;;;/h6-8,15-16H,3-5,9-11H2,1-2H3;2*1H;/q;;;+2/p-2. The quantitative estimate of drug-likeness (QED) is 0.501. The van der Waals surface area contributed by atoms with Crippen LogP contribution < -0.4 is 24.8 Å². The van der Waals surface area contributed by atoms with Gasteiger partial charge in [-0.3, -0.25) is 0 Å². The summed E-state index contributed by atoms with van der Waals surface area (Å²) in [4.78, 5) is 0. The van der Waals surface area contributed by atoms with Crippen molar-refractivity contribution in [1.29, 1.82) is 0 Å². The number of rotatable bonds is 2. The molecular weight excluding hydrogens is 406 g/mol. The Labute approximate surface area is 163 Å². The molecule has 22 heavy (non-hydrogen) atoms. The van der Waals surface area contributed by atoms with E-state index < -0.39 is 8.07 Å². The summed E-state index contributed by atoms with van der Waals surface area (Å²) in [5.41, 5.74) is 4.52. The van der Waals surface area contributed by atoms with Gasteiger partial charge in [-0.25, -0.2) is 0 Å². The van der Waals surface area contributed by atoms with Crippen molar-refractivity contribution >= 4 is 8.07 Å². The van der Waals surface area contributed by atoms with Gasteiger partial charge in [-0.05, 0) is 0 Å². The summed E-state index contributed by atoms with van der Waals surface area (Å²) in [5, 5.41) is 3.90. The molecule has 0 bridgehead atoms. The van der Waals surface area contributed by atoms with Crippen LogP contribution in [0, 0.1) is 5.92 Å². The van der Waals surface area contributed by atoms with E-state index in [1.54, 1.807) is 39.1 Å². The van der Waals surface area contributed by atoms with Crippen molar-refractivity contribution in [3.8, 4) is 0 Å². The van der Waals surface area contributed by atoms with Gasteiger partial charge in [-0.15, -0.1) is 0 Å². The van der Waals surface area contributed by atoms with Gasteiger partial charge >= 0.3 is 139 Å². The maximum absolute atomic E-state index is 2.70. The minimum absolute atomic E-state index is 0. The molecular formula is C18H23Cl2SiZr. The molecule has 1 heterocycles. The molecule has 1 fully saturated rings. The molecule has 0 aromatic rings. The van der Waals surface area contributed by atoms with Crippen LogP contribution in [0.1, 0.15) is 45.4 Å². The molecule has 1 aliphatic heterocycles. The molecule has 2 unspecified atom stereocenters. The Hall–Kier alpha value is 0.640. The van der Waals surface area contributed by atoms with Crippen molar-refractivity contribution in [1.82, 2.24) is 0 Å². The van der Waals surface area contributed by atoms with Gasteiger partial charge in [0.25, 0.3) is 0 Å². The van der Waals surface area contributed by atoms with Gasteiger partial charge in [0.2, 0.25) is 0 Å². The summed E-state index contributed by atoms with van der Waals surface area (Å²) in [6.07, 6.45) is 15.8. The van der Waals surface area contributed by atoms with Gasteiger partial charge in [-0.1, -0.05) is 0 Å². The third-order valence-corrected chi connectivity index (χ3v) is 13.2. The number of halogens is 2. The molecule has 3 aliphatic carbocycles. The molecule has 4 aliphatic rings. The van der Waals surface area contributed by atoms with Crippen molar-refractivity contribution in [3.63, 3.8) is 0 Å². The van der Waals surface area contributed by atoms with E-state index >= 15 is 0 Å². The van der Waals surface area contributed by atoms with E-state index in [0.29, 0.717) is 0 Å². The van der Waals surface area contributed by atoms with Gasteiger partial charge in [0, 0.05) is 0 Å². The second kappa shape index (κ2) is 6.87. The van der Waals surface area contributed by atoms with Gasteiger partial charge in [0.1, 0.15) is 0 Å². The van der Waals surface area contributed by atoms with Crippen LogP contribution in [0.2, 0.25) is 12.1 Å². The van der Waals surface area contributed by atoms with Crippen LogP contribution in [0.15, 0.2) is 43.0 Å². The molecule has 117 valence electrons. The normalized spacial score (nSPS) is 33.5. The molecule has 0 N–H and O–H groups in total. The molecule has 0 spiro atoms. The topological polar surface area (TPSA) is 0 Å². The zero-order chi connectivity index (χ0) is 13.9. The molecule has 1 saturated carbocycles. The van der Waals surface area contributed by atoms with Crippen molar-refractivity contribution in [3.05, 3.63) is 43.0 Å². The first-order chi connectivity index (χ1) is 9.65. The molecule has 0 nitrogen and oxygen atoms in total. The Morgan fingerprint density at radius 1 is 1.14 bits per heavy atom. The van der Waals surface area contributed by atoms with Crippen LogP contribution in [0.4, 0.5) is 0 Å². The largest absolute Gasteiger partial charge is 1.00 e. The summed E-state index contributed by atoms with van der Waals surface area (Å²) in [6.45, 7) is 5.14. The molecule has 0 aromatic heterocycles. The third-order valence-electron chi connectivity index (χ3n) is 6.23. The fourth-order valence-electron chi connectivity index (χ4n) is 5.10. The summed E-state index contributed by atoms with van der Waals surface area (Å²) in [5.74, 6) is 0.761. The third kappa shape index (κ3) is 2.57. The number of hydrogen-bond donors (Lipinski definition) is 0. The number of hydrogen-bond acceptors (Lipinski definition) is 0. The molecule has 0 radical (unpaired) electrons. The van der Waals surface area contributed by atoms with Gasteiger partial charge in [0.15, 0.2) is 0 Å². The maximum atomic E-state index is 2.70. The second-order valence-corrected chi connectivity index (χ2v) is 12.8. The van der Waals surface area contributed by atoms with Crippen molar-refractivity contribution in [2.75, 3.05) is 0 Å². The zero-order valence-corrected chi connectivity index (χ0v) is 18.4. The summed E-state index contributed by atoms with van der Waals surface area (Å²) in [6, 6.07) is 0. The van der Waals surface area contributed by atoms with E-state index in [1.165, 1.54) is 38.5 Å². The second-order valence-electron chi connectivity index (χ2n) is 7.17. The average Bonchev–Trinajstić information content (AvgIpc) is 2.84. The van der Waals surface area contributed by atoms with Crippen LogP contribution >= 0.6 is 0 Å². The minimum atomic E-state index is -1.17.